The van der Waals surface area contributed by atoms with Crippen LogP contribution in [0.3, 0.4) is 0 Å². The highest BCUT2D eigenvalue weighted by atomic mass is 16.8. The Morgan fingerprint density at radius 2 is 1.82 bits per heavy atom. The quantitative estimate of drug-likeness (QED) is 0.0520. The molecule has 2 aromatic rings. The zero-order valence-electron chi connectivity index (χ0n) is 35.9. The van der Waals surface area contributed by atoms with Gasteiger partial charge in [-0.25, -0.2) is 0 Å². The molecule has 7 rings (SSSR count). The number of hydrogen-bond donors (Lipinski definition) is 3. The van der Waals surface area contributed by atoms with Crippen LogP contribution in [0.2, 0.25) is 0 Å². The minimum absolute atomic E-state index is 0.0503. The molecule has 5 aliphatic rings. The van der Waals surface area contributed by atoms with Crippen molar-refractivity contribution in [2.24, 2.45) is 22.9 Å². The van der Waals surface area contributed by atoms with Crippen LogP contribution in [0.1, 0.15) is 91.6 Å². The Morgan fingerprint density at radius 3 is 2.53 bits per heavy atom. The maximum Gasteiger partial charge on any atom is 0.254 e. The van der Waals surface area contributed by atoms with Gasteiger partial charge in [0.2, 0.25) is 12.1 Å². The molecule has 3 aliphatic heterocycles. The summed E-state index contributed by atoms with van der Waals surface area (Å²) in [5, 5.41) is 44.0. The topological polar surface area (TPSA) is 176 Å². The molecule has 62 heavy (non-hydrogen) atoms. The van der Waals surface area contributed by atoms with E-state index in [0.717, 1.165) is 75.0 Å². The zero-order chi connectivity index (χ0) is 43.3. The molecule has 0 spiro atoms. The predicted molar refractivity (Wildman–Crippen MR) is 232 cm³/mol. The number of ether oxygens (including phenoxy) is 5. The van der Waals surface area contributed by atoms with Crippen molar-refractivity contribution < 1.29 is 48.6 Å². The number of allylic oxidation sites excluding steroid dienone is 1. The second kappa shape index (κ2) is 22.3. The summed E-state index contributed by atoms with van der Waals surface area (Å²) in [6.07, 6.45) is 10.9. The number of hydrogen-bond acceptors (Lipinski definition) is 13. The van der Waals surface area contributed by atoms with Crippen LogP contribution in [0.15, 0.2) is 71.9 Å². The third kappa shape index (κ3) is 10.7. The molecule has 1 saturated carbocycles. The summed E-state index contributed by atoms with van der Waals surface area (Å²) >= 11 is 0. The van der Waals surface area contributed by atoms with Gasteiger partial charge in [0.25, 0.3) is 5.91 Å². The van der Waals surface area contributed by atoms with Crippen LogP contribution >= 0.6 is 0 Å². The Morgan fingerprint density at radius 1 is 1.02 bits per heavy atom. The van der Waals surface area contributed by atoms with Crippen LogP contribution in [0.5, 0.6) is 11.5 Å². The Balaban J connectivity index is 1.42. The second-order valence-electron chi connectivity index (χ2n) is 16.9. The van der Waals surface area contributed by atoms with E-state index in [1.165, 1.54) is 0 Å². The standard InChI is InChI=1S/C48H64N4O10/c1-2-25-60-48-43(52(21-27-57-29-24-55)47(56)35-14-12-34(33-49)13-15-35)32-41(50-62-44-11-5-8-26-59-44)39-30-36(9-3-6-22-53)38(10-4-7-23-54)45(46(39)48)40-31-37(16-17-42(40)61-48)58-28-20-51-18-19-51/h2,12-17,30-31,36,38,43-46,53-55H,1,3-11,18-29,32H2. The number of nitriles is 1. The summed E-state index contributed by atoms with van der Waals surface area (Å²) in [6, 6.07) is 13.9. The van der Waals surface area contributed by atoms with Crippen molar-refractivity contribution in [1.29, 1.82) is 5.26 Å². The third-order valence-corrected chi connectivity index (χ3v) is 12.9. The van der Waals surface area contributed by atoms with Crippen molar-refractivity contribution in [3.05, 3.63) is 83.5 Å². The molecule has 3 fully saturated rings. The third-order valence-electron chi connectivity index (χ3n) is 12.9. The summed E-state index contributed by atoms with van der Waals surface area (Å²) in [5.74, 6) is -0.992. The molecule has 3 heterocycles. The first-order valence-electron chi connectivity index (χ1n) is 22.6. The van der Waals surface area contributed by atoms with E-state index in [-0.39, 0.29) is 76.3 Å². The number of rotatable bonds is 24. The normalized spacial score (nSPS) is 26.9. The number of carbonyl (C=O) groups is 1. The van der Waals surface area contributed by atoms with Gasteiger partial charge in [0.05, 0.1) is 56.3 Å². The molecule has 0 bridgehead atoms. The molecule has 14 heteroatoms. The maximum atomic E-state index is 15.1. The summed E-state index contributed by atoms with van der Waals surface area (Å²) in [5.41, 5.74) is 3.39. The van der Waals surface area contributed by atoms with Crippen LogP contribution in [-0.4, -0.2) is 134 Å². The summed E-state index contributed by atoms with van der Waals surface area (Å²) in [4.78, 5) is 25.4. The van der Waals surface area contributed by atoms with Crippen molar-refractivity contribution in [3.63, 3.8) is 0 Å². The van der Waals surface area contributed by atoms with Gasteiger partial charge in [0, 0.05) is 69.3 Å². The van der Waals surface area contributed by atoms with Crippen LogP contribution in [0, 0.1) is 29.1 Å². The lowest BCUT2D eigenvalue weighted by Gasteiger charge is -2.60. The molecule has 0 aromatic heterocycles. The molecule has 2 aromatic carbocycles. The number of fused-ring (bicyclic) bond motifs is 2. The lowest BCUT2D eigenvalue weighted by Crippen LogP contribution is -2.70. The first-order chi connectivity index (χ1) is 30.4. The highest BCUT2D eigenvalue weighted by molar-refractivity contribution is 6.03. The average molecular weight is 857 g/mol. The van der Waals surface area contributed by atoms with Crippen molar-refractivity contribution in [2.75, 3.05) is 79.0 Å². The highest BCUT2D eigenvalue weighted by Gasteiger charge is 2.65. The van der Waals surface area contributed by atoms with Crippen molar-refractivity contribution in [1.82, 2.24) is 9.80 Å². The van der Waals surface area contributed by atoms with Crippen LogP contribution < -0.4 is 9.47 Å². The molecule has 1 amide bonds. The molecule has 2 saturated heterocycles. The smallest absolute Gasteiger partial charge is 0.254 e. The minimum Gasteiger partial charge on any atom is -0.492 e. The first-order valence-corrected chi connectivity index (χ1v) is 22.6. The van der Waals surface area contributed by atoms with Crippen LogP contribution in [0.25, 0.3) is 0 Å². The summed E-state index contributed by atoms with van der Waals surface area (Å²) < 4.78 is 32.7. The van der Waals surface area contributed by atoms with Crippen LogP contribution in [0.4, 0.5) is 0 Å². The predicted octanol–water partition coefficient (Wildman–Crippen LogP) is 5.56. The number of oxime groups is 1. The Hall–Kier alpha value is -4.33. The van der Waals surface area contributed by atoms with Gasteiger partial charge in [0.1, 0.15) is 24.1 Å². The molecule has 336 valence electrons. The molecular weight excluding hydrogens is 793 g/mol. The van der Waals surface area contributed by atoms with E-state index >= 15 is 4.79 Å². The van der Waals surface area contributed by atoms with E-state index in [9.17, 15) is 20.6 Å². The van der Waals surface area contributed by atoms with E-state index in [1.54, 1.807) is 35.2 Å². The number of amides is 1. The van der Waals surface area contributed by atoms with Gasteiger partial charge in [-0.3, -0.25) is 9.69 Å². The SMILES string of the molecule is C=CCOC12Oc3ccc(OCCN4CC4)cc3C3C(CCCCO)C(CCCCO)C=C(C(=NOC4CCCCO4)CC1N(CCOCCO)C(=O)c1ccc(C#N)cc1)C32. The number of nitrogens with zero attached hydrogens (tertiary/aromatic N) is 4. The minimum atomic E-state index is -1.47. The monoisotopic (exact) mass is 856 g/mol. The lowest BCUT2D eigenvalue weighted by atomic mass is 9.55. The van der Waals surface area contributed by atoms with E-state index in [2.05, 4.69) is 29.7 Å². The Kier molecular flexibility index (Phi) is 16.5. The van der Waals surface area contributed by atoms with E-state index in [1.807, 2.05) is 12.1 Å². The van der Waals surface area contributed by atoms with Crippen molar-refractivity contribution in [2.45, 2.75) is 88.2 Å². The fourth-order valence-corrected chi connectivity index (χ4v) is 9.82. The highest BCUT2D eigenvalue weighted by Crippen LogP contribution is 2.62. The number of carbonyl (C=O) groups excluding carboxylic acids is 1. The summed E-state index contributed by atoms with van der Waals surface area (Å²) in [6.45, 7) is 8.68. The Bertz CT molecular complexity index is 1890. The van der Waals surface area contributed by atoms with Gasteiger partial charge >= 0.3 is 0 Å². The van der Waals surface area contributed by atoms with Crippen molar-refractivity contribution >= 4 is 11.6 Å². The van der Waals surface area contributed by atoms with Crippen molar-refractivity contribution in [3.8, 4) is 17.6 Å². The second-order valence-corrected chi connectivity index (χ2v) is 16.9. The molecule has 2 aliphatic carbocycles. The molecular formula is C48H64N4O10. The zero-order valence-corrected chi connectivity index (χ0v) is 35.9. The fourth-order valence-electron chi connectivity index (χ4n) is 9.82. The van der Waals surface area contributed by atoms with Gasteiger partial charge in [-0.2, -0.15) is 5.26 Å². The summed E-state index contributed by atoms with van der Waals surface area (Å²) in [7, 11) is 0. The average Bonchev–Trinajstić information content (AvgIpc) is 4.14. The maximum absolute atomic E-state index is 15.1. The number of aliphatic hydroxyl groups is 3. The molecule has 7 unspecified atom stereocenters. The number of aliphatic hydroxyl groups excluding tert-OH is 3. The number of unbranched alkanes of at least 4 members (excludes halogenated alkanes) is 2. The fraction of sp³-hybridized carbons (Fsp3) is 0.604. The largest absolute Gasteiger partial charge is 0.492 e. The van der Waals surface area contributed by atoms with Gasteiger partial charge in [-0.05, 0) is 98.4 Å². The van der Waals surface area contributed by atoms with Crippen LogP contribution in [-0.2, 0) is 19.0 Å². The van der Waals surface area contributed by atoms with Gasteiger partial charge in [-0.15, -0.1) is 6.58 Å². The molecule has 0 radical (unpaired) electrons. The van der Waals surface area contributed by atoms with Gasteiger partial charge < -0.3 is 48.7 Å². The molecule has 7 atom stereocenters. The lowest BCUT2D eigenvalue weighted by molar-refractivity contribution is -0.255. The van der Waals surface area contributed by atoms with E-state index < -0.39 is 24.0 Å². The van der Waals surface area contributed by atoms with E-state index in [4.69, 9.17) is 33.7 Å². The Labute approximate surface area is 365 Å². The van der Waals surface area contributed by atoms with Gasteiger partial charge in [0.15, 0.2) is 0 Å². The van der Waals surface area contributed by atoms with Gasteiger partial charge in [-0.1, -0.05) is 30.1 Å². The first kappa shape index (κ1) is 45.7. The number of benzene rings is 2. The molecule has 14 nitrogen and oxygen atoms in total. The van der Waals surface area contributed by atoms with E-state index in [0.29, 0.717) is 55.1 Å². The molecule has 3 N–H and O–H groups in total.